The Balaban J connectivity index is 1.78. The van der Waals surface area contributed by atoms with Crippen LogP contribution in [0.25, 0.3) is 11.7 Å². The molecule has 0 aliphatic carbocycles. The predicted octanol–water partition coefficient (Wildman–Crippen LogP) is 2.48. The van der Waals surface area contributed by atoms with Crippen LogP contribution in [0, 0.1) is 5.82 Å². The Kier molecular flexibility index (Phi) is 3.64. The van der Waals surface area contributed by atoms with Crippen molar-refractivity contribution in [1.82, 2.24) is 25.1 Å². The van der Waals surface area contributed by atoms with Gasteiger partial charge in [0.2, 0.25) is 5.82 Å². The number of hydrogen-bond acceptors (Lipinski definition) is 6. The first kappa shape index (κ1) is 15.3. The highest BCUT2D eigenvalue weighted by molar-refractivity contribution is 5.72. The van der Waals surface area contributed by atoms with Crippen LogP contribution in [0.1, 0.15) is 18.3 Å². The number of nitrogens with zero attached hydrogens (tertiary/aromatic N) is 5. The summed E-state index contributed by atoms with van der Waals surface area (Å²) in [6.45, 7) is 2.06. The molecule has 126 valence electrons. The molecule has 1 unspecified atom stereocenters. The smallest absolute Gasteiger partial charge is 0.264 e. The summed E-state index contributed by atoms with van der Waals surface area (Å²) >= 11 is 0. The van der Waals surface area contributed by atoms with Crippen LogP contribution in [0.15, 0.2) is 58.4 Å². The Hall–Kier alpha value is -3.29. The molecule has 1 atom stereocenters. The number of hydrogen-bond donors (Lipinski definition) is 1. The van der Waals surface area contributed by atoms with Crippen molar-refractivity contribution in [3.8, 4) is 11.7 Å². The van der Waals surface area contributed by atoms with Gasteiger partial charge >= 0.3 is 0 Å². The van der Waals surface area contributed by atoms with E-state index in [1.54, 1.807) is 41.4 Å². The maximum absolute atomic E-state index is 14.0. The second-order valence-corrected chi connectivity index (χ2v) is 5.70. The number of rotatable bonds is 4. The lowest BCUT2D eigenvalue weighted by Crippen LogP contribution is -2.37. The summed E-state index contributed by atoms with van der Waals surface area (Å²) in [5.74, 6) is 0.864. The van der Waals surface area contributed by atoms with E-state index in [2.05, 4.69) is 25.4 Å². The van der Waals surface area contributed by atoms with Gasteiger partial charge in [-0.3, -0.25) is 4.99 Å². The lowest BCUT2D eigenvalue weighted by molar-refractivity contribution is 0.408. The average Bonchev–Trinajstić information content (AvgIpc) is 3.27. The second-order valence-electron chi connectivity index (χ2n) is 5.70. The van der Waals surface area contributed by atoms with Crippen LogP contribution in [0.5, 0.6) is 0 Å². The van der Waals surface area contributed by atoms with Gasteiger partial charge in [0.15, 0.2) is 11.5 Å². The van der Waals surface area contributed by atoms with Gasteiger partial charge in [0.25, 0.3) is 5.89 Å². The Morgan fingerprint density at radius 3 is 2.92 bits per heavy atom. The van der Waals surface area contributed by atoms with E-state index in [4.69, 9.17) is 4.42 Å². The number of allylic oxidation sites excluding steroid dienone is 1. The van der Waals surface area contributed by atoms with Crippen molar-refractivity contribution in [3.63, 3.8) is 0 Å². The van der Waals surface area contributed by atoms with Crippen LogP contribution in [-0.2, 0) is 12.2 Å². The van der Waals surface area contributed by atoms with Gasteiger partial charge in [-0.15, -0.1) is 0 Å². The SMILES string of the molecule is CC1(c2nc(-c3ncco3)n(Cc3ccccc3F)n2)N=CC=CN1. The highest BCUT2D eigenvalue weighted by Crippen LogP contribution is 2.25. The molecule has 1 N–H and O–H groups in total. The van der Waals surface area contributed by atoms with E-state index >= 15 is 0 Å². The molecule has 25 heavy (non-hydrogen) atoms. The third-order valence-corrected chi connectivity index (χ3v) is 3.89. The normalized spacial score (nSPS) is 19.1. The minimum Gasteiger partial charge on any atom is -0.442 e. The van der Waals surface area contributed by atoms with Gasteiger partial charge < -0.3 is 9.73 Å². The standard InChI is InChI=1S/C17H15FN6O/c1-17(20-7-4-8-21-17)16-22-14(15-19-9-10-25-15)24(23-16)11-12-5-2-3-6-13(12)18/h2-10,20H,11H2,1H3. The molecule has 7 nitrogen and oxygen atoms in total. The topological polar surface area (TPSA) is 81.1 Å². The molecule has 0 spiro atoms. The van der Waals surface area contributed by atoms with Gasteiger partial charge in [-0.1, -0.05) is 18.2 Å². The Morgan fingerprint density at radius 1 is 1.32 bits per heavy atom. The quantitative estimate of drug-likeness (QED) is 0.790. The molecule has 1 aliphatic heterocycles. The van der Waals surface area contributed by atoms with E-state index in [0.29, 0.717) is 23.1 Å². The average molecular weight is 338 g/mol. The highest BCUT2D eigenvalue weighted by atomic mass is 19.1. The van der Waals surface area contributed by atoms with Crippen LogP contribution in [0.3, 0.4) is 0 Å². The fourth-order valence-electron chi connectivity index (χ4n) is 2.54. The lowest BCUT2D eigenvalue weighted by atomic mass is 10.2. The van der Waals surface area contributed by atoms with Crippen LogP contribution in [0.4, 0.5) is 4.39 Å². The summed E-state index contributed by atoms with van der Waals surface area (Å²) in [5, 5.41) is 7.66. The number of oxazole rings is 1. The van der Waals surface area contributed by atoms with E-state index in [1.165, 1.54) is 18.5 Å². The second kappa shape index (κ2) is 5.97. The summed E-state index contributed by atoms with van der Waals surface area (Å²) in [6, 6.07) is 6.55. The Labute approximate surface area is 142 Å². The molecule has 0 bridgehead atoms. The maximum atomic E-state index is 14.0. The van der Waals surface area contributed by atoms with Crippen LogP contribution >= 0.6 is 0 Å². The predicted molar refractivity (Wildman–Crippen MR) is 89.1 cm³/mol. The maximum Gasteiger partial charge on any atom is 0.264 e. The molecule has 4 rings (SSSR count). The molecule has 1 aromatic carbocycles. The van der Waals surface area contributed by atoms with E-state index in [9.17, 15) is 4.39 Å². The van der Waals surface area contributed by atoms with Crippen molar-refractivity contribution >= 4 is 6.21 Å². The lowest BCUT2D eigenvalue weighted by Gasteiger charge is -2.24. The Bertz CT molecular complexity index is 946. The monoisotopic (exact) mass is 338 g/mol. The highest BCUT2D eigenvalue weighted by Gasteiger charge is 2.32. The third-order valence-electron chi connectivity index (χ3n) is 3.89. The summed E-state index contributed by atoms with van der Waals surface area (Å²) in [5.41, 5.74) is -0.312. The molecule has 0 radical (unpaired) electrons. The van der Waals surface area contributed by atoms with Gasteiger partial charge in [-0.05, 0) is 19.1 Å². The minimum atomic E-state index is -0.809. The number of benzene rings is 1. The molecule has 3 aromatic rings. The molecule has 8 heteroatoms. The van der Waals surface area contributed by atoms with E-state index in [1.807, 2.05) is 6.92 Å². The molecule has 0 amide bonds. The van der Waals surface area contributed by atoms with Crippen molar-refractivity contribution in [1.29, 1.82) is 0 Å². The van der Waals surface area contributed by atoms with E-state index in [0.717, 1.165) is 0 Å². The van der Waals surface area contributed by atoms with E-state index < -0.39 is 5.66 Å². The van der Waals surface area contributed by atoms with Gasteiger partial charge in [-0.25, -0.2) is 19.0 Å². The first-order valence-corrected chi connectivity index (χ1v) is 7.72. The molecule has 1 aliphatic rings. The summed E-state index contributed by atoms with van der Waals surface area (Å²) in [7, 11) is 0. The number of nitrogens with one attached hydrogen (secondary N) is 1. The summed E-state index contributed by atoms with van der Waals surface area (Å²) in [6.07, 6.45) is 8.22. The molecule has 0 saturated carbocycles. The zero-order valence-electron chi connectivity index (χ0n) is 13.4. The van der Waals surface area contributed by atoms with E-state index in [-0.39, 0.29) is 12.4 Å². The van der Waals surface area contributed by atoms with Crippen molar-refractivity contribution in [3.05, 3.63) is 66.2 Å². The van der Waals surface area contributed by atoms with Crippen LogP contribution < -0.4 is 5.32 Å². The van der Waals surface area contributed by atoms with Gasteiger partial charge in [0.1, 0.15) is 12.1 Å². The van der Waals surface area contributed by atoms with Crippen molar-refractivity contribution in [2.45, 2.75) is 19.1 Å². The zero-order valence-corrected chi connectivity index (χ0v) is 13.4. The van der Waals surface area contributed by atoms with Crippen molar-refractivity contribution in [2.24, 2.45) is 4.99 Å². The Morgan fingerprint density at radius 2 is 2.20 bits per heavy atom. The molecule has 2 aromatic heterocycles. The molecule has 3 heterocycles. The van der Waals surface area contributed by atoms with Crippen molar-refractivity contribution < 1.29 is 8.81 Å². The number of aliphatic imine (C=N–C) groups is 1. The first-order chi connectivity index (χ1) is 12.2. The molecular formula is C17H15FN6O. The van der Waals surface area contributed by atoms with Gasteiger partial charge in [0, 0.05) is 18.0 Å². The molecular weight excluding hydrogens is 323 g/mol. The van der Waals surface area contributed by atoms with Gasteiger partial charge in [-0.2, -0.15) is 5.10 Å². The fraction of sp³-hybridized carbons (Fsp3) is 0.176. The number of aromatic nitrogens is 4. The van der Waals surface area contributed by atoms with Crippen molar-refractivity contribution in [2.75, 3.05) is 0 Å². The fourth-order valence-corrected chi connectivity index (χ4v) is 2.54. The molecule has 0 fully saturated rings. The van der Waals surface area contributed by atoms with Gasteiger partial charge in [0.05, 0.1) is 12.7 Å². The van der Waals surface area contributed by atoms with Crippen LogP contribution in [0.2, 0.25) is 0 Å². The van der Waals surface area contributed by atoms with Crippen LogP contribution in [-0.4, -0.2) is 26.0 Å². The summed E-state index contributed by atoms with van der Waals surface area (Å²) in [4.78, 5) is 13.1. The molecule has 0 saturated heterocycles. The first-order valence-electron chi connectivity index (χ1n) is 7.72. The zero-order chi connectivity index (χ0) is 17.3. The largest absolute Gasteiger partial charge is 0.442 e. The summed E-state index contributed by atoms with van der Waals surface area (Å²) < 4.78 is 21.0. The minimum absolute atomic E-state index is 0.201. The number of halogens is 1. The third kappa shape index (κ3) is 2.82.